The predicted octanol–water partition coefficient (Wildman–Crippen LogP) is 1.01. The first-order valence-electron chi connectivity index (χ1n) is 7.27. The maximum Gasteiger partial charge on any atom is 0.240 e. The Morgan fingerprint density at radius 2 is 2.19 bits per heavy atom. The summed E-state index contributed by atoms with van der Waals surface area (Å²) in [5.74, 6) is -0.286. The number of nitrogens with zero attached hydrogens (tertiary/aromatic N) is 3. The number of aromatic nitrogens is 2. The fraction of sp³-hybridized carbons (Fsp3) is 0.714. The Kier molecular flexibility index (Phi) is 4.70. The second-order valence-corrected chi connectivity index (χ2v) is 8.26. The summed E-state index contributed by atoms with van der Waals surface area (Å²) in [6, 6.07) is 0.0229. The average molecular weight is 313 g/mol. The first kappa shape index (κ1) is 16.0. The van der Waals surface area contributed by atoms with E-state index in [9.17, 15) is 13.2 Å². The third kappa shape index (κ3) is 3.84. The van der Waals surface area contributed by atoms with Gasteiger partial charge >= 0.3 is 0 Å². The molecule has 21 heavy (non-hydrogen) atoms. The molecule has 118 valence electrons. The van der Waals surface area contributed by atoms with Gasteiger partial charge in [-0.2, -0.15) is 5.10 Å². The molecule has 1 aromatic rings. The molecular weight excluding hydrogens is 290 g/mol. The van der Waals surface area contributed by atoms with Crippen molar-refractivity contribution in [3.8, 4) is 0 Å². The molecule has 0 aliphatic carbocycles. The van der Waals surface area contributed by atoms with Gasteiger partial charge in [0.15, 0.2) is 9.84 Å². The topological polar surface area (TPSA) is 72.3 Å². The molecule has 2 rings (SSSR count). The molecule has 1 amide bonds. The smallest absolute Gasteiger partial charge is 0.240 e. The van der Waals surface area contributed by atoms with E-state index in [1.165, 1.54) is 6.92 Å². The van der Waals surface area contributed by atoms with Crippen molar-refractivity contribution in [2.75, 3.05) is 12.8 Å². The van der Waals surface area contributed by atoms with Gasteiger partial charge in [0.25, 0.3) is 0 Å². The second kappa shape index (κ2) is 6.17. The number of carbonyl (C=O) groups is 1. The van der Waals surface area contributed by atoms with Crippen LogP contribution in [-0.4, -0.2) is 53.1 Å². The van der Waals surface area contributed by atoms with E-state index in [1.54, 1.807) is 11.1 Å². The van der Waals surface area contributed by atoms with E-state index >= 15 is 0 Å². The van der Waals surface area contributed by atoms with Gasteiger partial charge in [0, 0.05) is 19.0 Å². The number of carbonyl (C=O) groups excluding carboxylic acids is 1. The minimum absolute atomic E-state index is 0.0229. The van der Waals surface area contributed by atoms with Crippen LogP contribution >= 0.6 is 0 Å². The Labute approximate surface area is 126 Å². The summed E-state index contributed by atoms with van der Waals surface area (Å²) >= 11 is 0. The average Bonchev–Trinajstić information content (AvgIpc) is 2.82. The van der Waals surface area contributed by atoms with Gasteiger partial charge in [-0.05, 0) is 38.7 Å². The van der Waals surface area contributed by atoms with E-state index in [-0.39, 0.29) is 11.9 Å². The highest BCUT2D eigenvalue weighted by molar-refractivity contribution is 7.92. The number of hydrogen-bond donors (Lipinski definition) is 0. The van der Waals surface area contributed by atoms with Crippen molar-refractivity contribution in [2.24, 2.45) is 0 Å². The largest absolute Gasteiger partial charge is 0.337 e. The lowest BCUT2D eigenvalue weighted by molar-refractivity contribution is -0.134. The molecule has 7 heteroatoms. The molecule has 2 atom stereocenters. The van der Waals surface area contributed by atoms with E-state index in [4.69, 9.17) is 0 Å². The van der Waals surface area contributed by atoms with Crippen LogP contribution in [-0.2, 0) is 21.2 Å². The second-order valence-electron chi connectivity index (χ2n) is 5.89. The lowest BCUT2D eigenvalue weighted by Gasteiger charge is -2.37. The molecule has 0 aromatic carbocycles. The molecule has 0 bridgehead atoms. The van der Waals surface area contributed by atoms with E-state index in [0.717, 1.165) is 31.1 Å². The van der Waals surface area contributed by atoms with Crippen LogP contribution in [0.15, 0.2) is 12.4 Å². The van der Waals surface area contributed by atoms with Crippen LogP contribution in [0.1, 0.15) is 31.7 Å². The Balaban J connectivity index is 2.13. The summed E-state index contributed by atoms with van der Waals surface area (Å²) in [6.45, 7) is 4.69. The van der Waals surface area contributed by atoms with Gasteiger partial charge in [0.1, 0.15) is 5.25 Å². The zero-order valence-corrected chi connectivity index (χ0v) is 13.6. The molecule has 2 heterocycles. The number of amides is 1. The minimum atomic E-state index is -3.36. The van der Waals surface area contributed by atoms with Crippen molar-refractivity contribution < 1.29 is 13.2 Å². The standard InChI is InChI=1S/C14H23N3O3S/c1-11-8-15-16(9-11)10-13-6-4-5-7-17(13)14(18)12(2)21(3,19)20/h8-9,12-13H,4-7,10H2,1-3H3/t12-,13+/m0/s1. The van der Waals surface area contributed by atoms with Gasteiger partial charge < -0.3 is 4.90 Å². The van der Waals surface area contributed by atoms with Crippen LogP contribution in [0, 0.1) is 6.92 Å². The van der Waals surface area contributed by atoms with Crippen LogP contribution in [0.3, 0.4) is 0 Å². The van der Waals surface area contributed by atoms with Crippen LogP contribution in [0.25, 0.3) is 0 Å². The Hall–Kier alpha value is -1.37. The zero-order valence-electron chi connectivity index (χ0n) is 12.8. The maximum absolute atomic E-state index is 12.5. The first-order chi connectivity index (χ1) is 9.79. The SMILES string of the molecule is Cc1cnn(C[C@H]2CCCCN2C(=O)[C@H](C)S(C)(=O)=O)c1. The molecule has 1 aliphatic rings. The van der Waals surface area contributed by atoms with Crippen molar-refractivity contribution >= 4 is 15.7 Å². The summed E-state index contributed by atoms with van der Waals surface area (Å²) in [4.78, 5) is 14.2. The van der Waals surface area contributed by atoms with Gasteiger partial charge in [-0.1, -0.05) is 0 Å². The fourth-order valence-electron chi connectivity index (χ4n) is 2.68. The Morgan fingerprint density at radius 3 is 2.76 bits per heavy atom. The highest BCUT2D eigenvalue weighted by Crippen LogP contribution is 2.21. The van der Waals surface area contributed by atoms with E-state index in [0.29, 0.717) is 13.1 Å². The van der Waals surface area contributed by atoms with Crippen molar-refractivity contribution in [3.63, 3.8) is 0 Å². The maximum atomic E-state index is 12.5. The summed E-state index contributed by atoms with van der Waals surface area (Å²) in [7, 11) is -3.36. The third-order valence-electron chi connectivity index (χ3n) is 4.06. The molecule has 1 saturated heterocycles. The van der Waals surface area contributed by atoms with E-state index in [1.807, 2.05) is 17.8 Å². The normalized spacial score (nSPS) is 21.3. The number of aryl methyl sites for hydroxylation is 1. The van der Waals surface area contributed by atoms with Crippen molar-refractivity contribution in [3.05, 3.63) is 18.0 Å². The summed E-state index contributed by atoms with van der Waals surface area (Å²) in [6.07, 6.45) is 7.72. The van der Waals surface area contributed by atoms with Crippen molar-refractivity contribution in [1.29, 1.82) is 0 Å². The van der Waals surface area contributed by atoms with Gasteiger partial charge in [-0.25, -0.2) is 8.42 Å². The van der Waals surface area contributed by atoms with Crippen LogP contribution in [0.4, 0.5) is 0 Å². The fourth-order valence-corrected chi connectivity index (χ4v) is 3.18. The van der Waals surface area contributed by atoms with Gasteiger partial charge in [-0.15, -0.1) is 0 Å². The van der Waals surface area contributed by atoms with Gasteiger partial charge in [0.2, 0.25) is 5.91 Å². The van der Waals surface area contributed by atoms with Crippen LogP contribution < -0.4 is 0 Å². The number of sulfone groups is 1. The number of rotatable bonds is 4. The highest BCUT2D eigenvalue weighted by atomic mass is 32.2. The van der Waals surface area contributed by atoms with Gasteiger partial charge in [0.05, 0.1) is 18.8 Å². The zero-order chi connectivity index (χ0) is 15.6. The number of hydrogen-bond acceptors (Lipinski definition) is 4. The highest BCUT2D eigenvalue weighted by Gasteiger charge is 2.34. The monoisotopic (exact) mass is 313 g/mol. The van der Waals surface area contributed by atoms with Crippen molar-refractivity contribution in [2.45, 2.75) is 50.9 Å². The number of likely N-dealkylation sites (tertiary alicyclic amines) is 1. The Morgan fingerprint density at radius 1 is 1.48 bits per heavy atom. The van der Waals surface area contributed by atoms with E-state index < -0.39 is 15.1 Å². The molecule has 0 N–H and O–H groups in total. The first-order valence-corrected chi connectivity index (χ1v) is 9.23. The Bertz CT molecular complexity index is 609. The van der Waals surface area contributed by atoms with Gasteiger partial charge in [-0.3, -0.25) is 9.48 Å². The molecular formula is C14H23N3O3S. The molecule has 1 fully saturated rings. The summed E-state index contributed by atoms with van der Waals surface area (Å²) < 4.78 is 25.1. The van der Waals surface area contributed by atoms with Crippen LogP contribution in [0.5, 0.6) is 0 Å². The molecule has 0 saturated carbocycles. The predicted molar refractivity (Wildman–Crippen MR) is 80.6 cm³/mol. The number of piperidine rings is 1. The minimum Gasteiger partial charge on any atom is -0.337 e. The lowest BCUT2D eigenvalue weighted by atomic mass is 10.0. The van der Waals surface area contributed by atoms with Crippen molar-refractivity contribution in [1.82, 2.24) is 14.7 Å². The molecule has 0 radical (unpaired) electrons. The van der Waals surface area contributed by atoms with E-state index in [2.05, 4.69) is 5.10 Å². The molecule has 1 aromatic heterocycles. The third-order valence-corrected chi connectivity index (χ3v) is 5.55. The molecule has 0 spiro atoms. The lowest BCUT2D eigenvalue weighted by Crippen LogP contribution is -2.50. The van der Waals surface area contributed by atoms with Crippen LogP contribution in [0.2, 0.25) is 0 Å². The quantitative estimate of drug-likeness (QED) is 0.831. The molecule has 0 unspecified atom stereocenters. The molecule has 1 aliphatic heterocycles. The summed E-state index contributed by atoms with van der Waals surface area (Å²) in [5, 5.41) is 3.28. The molecule has 6 nitrogen and oxygen atoms in total. The summed E-state index contributed by atoms with van der Waals surface area (Å²) in [5.41, 5.74) is 1.08.